The minimum atomic E-state index is -0.135. The molecule has 1 aromatic carbocycles. The minimum Gasteiger partial charge on any atom is -0.361 e. The molecule has 0 atom stereocenters. The molecule has 2 aromatic rings. The van der Waals surface area contributed by atoms with Crippen molar-refractivity contribution in [3.8, 4) is 0 Å². The van der Waals surface area contributed by atoms with E-state index in [2.05, 4.69) is 26.4 Å². The third kappa shape index (κ3) is 5.89. The van der Waals surface area contributed by atoms with E-state index in [1.54, 1.807) is 11.9 Å². The number of aryl methyl sites for hydroxylation is 2. The number of nitrogens with one attached hydrogen (secondary N) is 1. The van der Waals surface area contributed by atoms with Crippen LogP contribution in [0.4, 0.5) is 5.69 Å². The zero-order chi connectivity index (χ0) is 18.4. The number of hydrogen-bond acceptors (Lipinski definition) is 5. The molecule has 6 nitrogen and oxygen atoms in total. The van der Waals surface area contributed by atoms with Crippen LogP contribution >= 0.6 is 27.7 Å². The average Bonchev–Trinajstić information content (AvgIpc) is 2.86. The molecule has 1 N–H and O–H groups in total. The summed E-state index contributed by atoms with van der Waals surface area (Å²) in [5.41, 5.74) is 2.44. The lowest BCUT2D eigenvalue weighted by molar-refractivity contribution is -0.127. The molecule has 0 fully saturated rings. The number of hydrogen-bond donors (Lipinski definition) is 1. The Labute approximate surface area is 159 Å². The first-order valence-corrected chi connectivity index (χ1v) is 9.60. The van der Waals surface area contributed by atoms with Crippen LogP contribution in [-0.4, -0.2) is 40.4 Å². The van der Waals surface area contributed by atoms with Gasteiger partial charge in [0.05, 0.1) is 23.7 Å². The maximum atomic E-state index is 12.2. The van der Waals surface area contributed by atoms with Crippen molar-refractivity contribution in [3.63, 3.8) is 0 Å². The second-order valence-electron chi connectivity index (χ2n) is 5.60. The van der Waals surface area contributed by atoms with Crippen LogP contribution < -0.4 is 5.32 Å². The van der Waals surface area contributed by atoms with Crippen LogP contribution in [0.15, 0.2) is 33.3 Å². The Kier molecular flexibility index (Phi) is 7.07. The van der Waals surface area contributed by atoms with Crippen molar-refractivity contribution in [1.82, 2.24) is 10.1 Å². The highest BCUT2D eigenvalue weighted by Gasteiger charge is 2.16. The normalized spacial score (nSPS) is 10.6. The zero-order valence-corrected chi connectivity index (χ0v) is 16.7. The van der Waals surface area contributed by atoms with Gasteiger partial charge in [-0.1, -0.05) is 27.2 Å². The van der Waals surface area contributed by atoms with Crippen LogP contribution in [-0.2, 0) is 16.1 Å². The first-order valence-electron chi connectivity index (χ1n) is 7.65. The monoisotopic (exact) mass is 425 g/mol. The summed E-state index contributed by atoms with van der Waals surface area (Å²) in [6, 6.07) is 7.37. The lowest BCUT2D eigenvalue weighted by Crippen LogP contribution is -2.28. The van der Waals surface area contributed by atoms with Crippen LogP contribution in [0.25, 0.3) is 0 Å². The SMILES string of the molecule is Cc1noc(C)c1CN(C)C(=O)CSCC(=O)Nc1cccc(Br)c1. The summed E-state index contributed by atoms with van der Waals surface area (Å²) >= 11 is 4.64. The molecule has 0 spiro atoms. The van der Waals surface area contributed by atoms with Gasteiger partial charge in [-0.05, 0) is 32.0 Å². The Hall–Kier alpha value is -1.80. The van der Waals surface area contributed by atoms with Gasteiger partial charge in [-0.3, -0.25) is 9.59 Å². The second-order valence-corrected chi connectivity index (χ2v) is 7.51. The molecule has 0 saturated heterocycles. The number of amides is 2. The summed E-state index contributed by atoms with van der Waals surface area (Å²) in [4.78, 5) is 25.7. The van der Waals surface area contributed by atoms with Crippen LogP contribution in [0.2, 0.25) is 0 Å². The first-order chi connectivity index (χ1) is 11.9. The molecule has 2 amide bonds. The molecule has 0 radical (unpaired) electrons. The van der Waals surface area contributed by atoms with Crippen LogP contribution in [0.1, 0.15) is 17.0 Å². The molecular weight excluding hydrogens is 406 g/mol. The molecule has 0 aliphatic carbocycles. The summed E-state index contributed by atoms with van der Waals surface area (Å²) in [6.45, 7) is 4.13. The summed E-state index contributed by atoms with van der Waals surface area (Å²) in [5, 5.41) is 6.69. The molecular formula is C17H20BrN3O3S. The molecule has 0 aliphatic heterocycles. The molecule has 2 rings (SSSR count). The number of benzene rings is 1. The molecule has 0 unspecified atom stereocenters. The Morgan fingerprint density at radius 3 is 2.72 bits per heavy atom. The second kappa shape index (κ2) is 9.05. The third-order valence-corrected chi connectivity index (χ3v) is 4.98. The number of rotatable bonds is 7. The summed E-state index contributed by atoms with van der Waals surface area (Å²) < 4.78 is 6.00. The topological polar surface area (TPSA) is 75.4 Å². The van der Waals surface area contributed by atoms with Gasteiger partial charge < -0.3 is 14.7 Å². The average molecular weight is 426 g/mol. The van der Waals surface area contributed by atoms with Gasteiger partial charge in [-0.2, -0.15) is 0 Å². The van der Waals surface area contributed by atoms with Gasteiger partial charge in [-0.25, -0.2) is 0 Å². The van der Waals surface area contributed by atoms with Gasteiger partial charge in [0.2, 0.25) is 11.8 Å². The van der Waals surface area contributed by atoms with Crippen LogP contribution in [0, 0.1) is 13.8 Å². The van der Waals surface area contributed by atoms with E-state index in [0.717, 1.165) is 27.2 Å². The fourth-order valence-corrected chi connectivity index (χ4v) is 3.31. The van der Waals surface area contributed by atoms with E-state index < -0.39 is 0 Å². The zero-order valence-electron chi connectivity index (χ0n) is 14.3. The Morgan fingerprint density at radius 1 is 1.32 bits per heavy atom. The van der Waals surface area contributed by atoms with Crippen molar-refractivity contribution in [2.75, 3.05) is 23.9 Å². The fourth-order valence-electron chi connectivity index (χ4n) is 2.16. The molecule has 0 saturated carbocycles. The minimum absolute atomic E-state index is 0.0414. The number of halogens is 1. The van der Waals surface area contributed by atoms with Gasteiger partial charge in [-0.15, -0.1) is 11.8 Å². The van der Waals surface area contributed by atoms with Crippen molar-refractivity contribution in [3.05, 3.63) is 45.8 Å². The lowest BCUT2D eigenvalue weighted by atomic mass is 10.2. The largest absolute Gasteiger partial charge is 0.361 e. The van der Waals surface area contributed by atoms with Crippen molar-refractivity contribution >= 4 is 45.2 Å². The number of nitrogens with zero attached hydrogens (tertiary/aromatic N) is 2. The highest BCUT2D eigenvalue weighted by molar-refractivity contribution is 9.10. The van der Waals surface area contributed by atoms with Gasteiger partial charge in [0.1, 0.15) is 5.76 Å². The molecule has 0 aliphatic rings. The Balaban J connectivity index is 1.75. The molecule has 8 heteroatoms. The smallest absolute Gasteiger partial charge is 0.234 e. The van der Waals surface area contributed by atoms with E-state index in [0.29, 0.717) is 6.54 Å². The maximum absolute atomic E-state index is 12.2. The number of carbonyl (C=O) groups excluding carboxylic acids is 2. The highest BCUT2D eigenvalue weighted by Crippen LogP contribution is 2.17. The van der Waals surface area contributed by atoms with Crippen molar-refractivity contribution in [2.24, 2.45) is 0 Å². The predicted molar refractivity (Wildman–Crippen MR) is 103 cm³/mol. The van der Waals surface area contributed by atoms with Crippen molar-refractivity contribution < 1.29 is 14.1 Å². The third-order valence-electron chi connectivity index (χ3n) is 3.57. The fraction of sp³-hybridized carbons (Fsp3) is 0.353. The van der Waals surface area contributed by atoms with E-state index >= 15 is 0 Å². The number of aromatic nitrogens is 1. The molecule has 1 heterocycles. The Morgan fingerprint density at radius 2 is 2.08 bits per heavy atom. The predicted octanol–water partition coefficient (Wildman–Crippen LogP) is 3.38. The van der Waals surface area contributed by atoms with Gasteiger partial charge in [0, 0.05) is 22.8 Å². The van der Waals surface area contributed by atoms with Crippen LogP contribution in [0.3, 0.4) is 0 Å². The van der Waals surface area contributed by atoms with E-state index in [4.69, 9.17) is 4.52 Å². The van der Waals surface area contributed by atoms with E-state index in [-0.39, 0.29) is 23.3 Å². The van der Waals surface area contributed by atoms with E-state index in [1.807, 2.05) is 38.1 Å². The number of anilines is 1. The maximum Gasteiger partial charge on any atom is 0.234 e. The lowest BCUT2D eigenvalue weighted by Gasteiger charge is -2.16. The Bertz CT molecular complexity index is 744. The highest BCUT2D eigenvalue weighted by atomic mass is 79.9. The van der Waals surface area contributed by atoms with E-state index in [1.165, 1.54) is 11.8 Å². The summed E-state index contributed by atoms with van der Waals surface area (Å²) in [6.07, 6.45) is 0. The first kappa shape index (κ1) is 19.5. The molecule has 1 aromatic heterocycles. The van der Waals surface area contributed by atoms with Crippen molar-refractivity contribution in [1.29, 1.82) is 0 Å². The molecule has 0 bridgehead atoms. The van der Waals surface area contributed by atoms with Gasteiger partial charge >= 0.3 is 0 Å². The van der Waals surface area contributed by atoms with E-state index in [9.17, 15) is 9.59 Å². The summed E-state index contributed by atoms with van der Waals surface area (Å²) in [7, 11) is 1.73. The van der Waals surface area contributed by atoms with Gasteiger partial charge in [0.25, 0.3) is 0 Å². The number of carbonyl (C=O) groups is 2. The van der Waals surface area contributed by atoms with Gasteiger partial charge in [0.15, 0.2) is 0 Å². The standard InChI is InChI=1S/C17H20BrN3O3S/c1-11-15(12(2)24-20-11)8-21(3)17(23)10-25-9-16(22)19-14-6-4-5-13(18)7-14/h4-7H,8-10H2,1-3H3,(H,19,22). The quantitative estimate of drug-likeness (QED) is 0.735. The summed E-state index contributed by atoms with van der Waals surface area (Å²) in [5.74, 6) is 1.01. The molecule has 25 heavy (non-hydrogen) atoms. The molecule has 134 valence electrons. The number of thioether (sulfide) groups is 1. The van der Waals surface area contributed by atoms with Crippen molar-refractivity contribution in [2.45, 2.75) is 20.4 Å². The van der Waals surface area contributed by atoms with Crippen LogP contribution in [0.5, 0.6) is 0 Å².